The van der Waals surface area contributed by atoms with Crippen LogP contribution in [0.3, 0.4) is 0 Å². The lowest BCUT2D eigenvalue weighted by molar-refractivity contribution is -0.127. The van der Waals surface area contributed by atoms with E-state index in [1.54, 1.807) is 42.5 Å². The quantitative estimate of drug-likeness (QED) is 0.176. The Morgan fingerprint density at radius 2 is 1.85 bits per heavy atom. The minimum Gasteiger partial charge on any atom is -0.490 e. The van der Waals surface area contributed by atoms with Crippen LogP contribution in [-0.2, 0) is 16.2 Å². The van der Waals surface area contributed by atoms with Gasteiger partial charge in [-0.05, 0) is 117 Å². The van der Waals surface area contributed by atoms with E-state index in [1.807, 2.05) is 25.1 Å². The number of amides is 3. The van der Waals surface area contributed by atoms with Crippen LogP contribution in [0.1, 0.15) is 18.1 Å². The van der Waals surface area contributed by atoms with Crippen molar-refractivity contribution in [2.24, 2.45) is 0 Å². The van der Waals surface area contributed by atoms with E-state index >= 15 is 0 Å². The van der Waals surface area contributed by atoms with Gasteiger partial charge in [-0.15, -0.1) is 0 Å². The third-order valence-electron chi connectivity index (χ3n) is 5.30. The van der Waals surface area contributed by atoms with Crippen LogP contribution in [0.2, 0.25) is 10.0 Å². The number of carbonyl (C=O) groups is 3. The number of ether oxygens (including phenoxy) is 2. The van der Waals surface area contributed by atoms with E-state index in [0.717, 1.165) is 25.8 Å². The standard InChI is InChI=1S/C27H20BrCl2IN2O5S/c1-2-37-22-10-16(9-21(31)25(22)38-14-15-3-5-17(29)6-4-15)11-23-26(35)33(27(36)39-23)13-24(34)32-18-7-8-19(28)20(30)12-18/h3-12H,2,13-14H2,1H3,(H,32,34)/b23-11+. The molecule has 0 bridgehead atoms. The molecular weight excluding hydrogens is 742 g/mol. The van der Waals surface area contributed by atoms with Crippen molar-refractivity contribution in [1.29, 1.82) is 0 Å². The summed E-state index contributed by atoms with van der Waals surface area (Å²) >= 11 is 18.2. The summed E-state index contributed by atoms with van der Waals surface area (Å²) in [7, 11) is 0. The summed E-state index contributed by atoms with van der Waals surface area (Å²) in [5, 5.41) is 3.18. The van der Waals surface area contributed by atoms with Gasteiger partial charge in [-0.2, -0.15) is 0 Å². The smallest absolute Gasteiger partial charge is 0.294 e. The average Bonchev–Trinajstić information content (AvgIpc) is 3.14. The molecule has 0 aromatic heterocycles. The monoisotopic (exact) mass is 760 g/mol. The van der Waals surface area contributed by atoms with Gasteiger partial charge in [-0.3, -0.25) is 19.3 Å². The van der Waals surface area contributed by atoms with Crippen molar-refractivity contribution in [1.82, 2.24) is 4.90 Å². The second-order valence-electron chi connectivity index (χ2n) is 8.12. The lowest BCUT2D eigenvalue weighted by atomic mass is 10.1. The molecule has 0 aliphatic carbocycles. The number of thioether (sulfide) groups is 1. The van der Waals surface area contributed by atoms with Crippen molar-refractivity contribution in [3.05, 3.63) is 88.7 Å². The molecule has 39 heavy (non-hydrogen) atoms. The van der Waals surface area contributed by atoms with Crippen LogP contribution >= 0.6 is 73.5 Å². The zero-order chi connectivity index (χ0) is 28.1. The van der Waals surface area contributed by atoms with Crippen molar-refractivity contribution in [2.75, 3.05) is 18.5 Å². The topological polar surface area (TPSA) is 84.9 Å². The Balaban J connectivity index is 1.48. The van der Waals surface area contributed by atoms with Crippen molar-refractivity contribution in [3.63, 3.8) is 0 Å². The highest BCUT2D eigenvalue weighted by Crippen LogP contribution is 2.38. The Hall–Kier alpha value is -2.25. The molecule has 3 aromatic carbocycles. The van der Waals surface area contributed by atoms with E-state index in [4.69, 9.17) is 32.7 Å². The van der Waals surface area contributed by atoms with Gasteiger partial charge in [0.1, 0.15) is 13.2 Å². The second kappa shape index (κ2) is 13.4. The molecular formula is C27H20BrCl2IN2O5S. The van der Waals surface area contributed by atoms with E-state index in [2.05, 4.69) is 43.8 Å². The first kappa shape index (κ1) is 29.7. The Kier molecular flexibility index (Phi) is 10.2. The number of hydrogen-bond acceptors (Lipinski definition) is 6. The van der Waals surface area contributed by atoms with Gasteiger partial charge in [-0.25, -0.2) is 0 Å². The van der Waals surface area contributed by atoms with Crippen molar-refractivity contribution in [2.45, 2.75) is 13.5 Å². The van der Waals surface area contributed by atoms with Crippen LogP contribution < -0.4 is 14.8 Å². The second-order valence-corrected chi connectivity index (χ2v) is 12.0. The summed E-state index contributed by atoms with van der Waals surface area (Å²) < 4.78 is 13.3. The number of imide groups is 1. The summed E-state index contributed by atoms with van der Waals surface area (Å²) in [6.07, 6.45) is 1.60. The summed E-state index contributed by atoms with van der Waals surface area (Å²) in [5.74, 6) is 0.0103. The molecule has 0 unspecified atom stereocenters. The van der Waals surface area contributed by atoms with E-state index in [-0.39, 0.29) is 4.91 Å². The fourth-order valence-electron chi connectivity index (χ4n) is 3.52. The first-order valence-corrected chi connectivity index (χ1v) is 14.9. The highest BCUT2D eigenvalue weighted by molar-refractivity contribution is 14.1. The lowest BCUT2D eigenvalue weighted by Gasteiger charge is -2.15. The molecule has 0 radical (unpaired) electrons. The normalized spacial score (nSPS) is 14.2. The summed E-state index contributed by atoms with van der Waals surface area (Å²) in [5.41, 5.74) is 2.05. The van der Waals surface area contributed by atoms with Gasteiger partial charge in [0.15, 0.2) is 11.5 Å². The van der Waals surface area contributed by atoms with Crippen LogP contribution in [-0.4, -0.2) is 35.1 Å². The maximum atomic E-state index is 13.0. The Bertz CT molecular complexity index is 1470. The molecule has 3 aromatic rings. The highest BCUT2D eigenvalue weighted by Gasteiger charge is 2.36. The Morgan fingerprint density at radius 1 is 1.10 bits per heavy atom. The first-order valence-electron chi connectivity index (χ1n) is 11.5. The van der Waals surface area contributed by atoms with Gasteiger partial charge in [0.05, 0.1) is 20.1 Å². The van der Waals surface area contributed by atoms with E-state index in [0.29, 0.717) is 50.5 Å². The van der Waals surface area contributed by atoms with Crippen LogP contribution in [0.25, 0.3) is 6.08 Å². The summed E-state index contributed by atoms with van der Waals surface area (Å²) in [6, 6.07) is 15.9. The predicted molar refractivity (Wildman–Crippen MR) is 167 cm³/mol. The van der Waals surface area contributed by atoms with Crippen molar-refractivity contribution in [3.8, 4) is 11.5 Å². The van der Waals surface area contributed by atoms with E-state index in [9.17, 15) is 14.4 Å². The summed E-state index contributed by atoms with van der Waals surface area (Å²) in [4.78, 5) is 39.2. The fourth-order valence-corrected chi connectivity index (χ4v) is 5.69. The number of halogens is 4. The predicted octanol–water partition coefficient (Wildman–Crippen LogP) is 8.01. The van der Waals surface area contributed by atoms with Crippen LogP contribution in [0.15, 0.2) is 64.0 Å². The van der Waals surface area contributed by atoms with Gasteiger partial charge in [0.2, 0.25) is 5.91 Å². The fraction of sp³-hybridized carbons (Fsp3) is 0.148. The molecule has 1 aliphatic heterocycles. The third kappa shape index (κ3) is 7.69. The average molecular weight is 762 g/mol. The highest BCUT2D eigenvalue weighted by atomic mass is 127. The van der Waals surface area contributed by atoms with Crippen LogP contribution in [0.5, 0.6) is 11.5 Å². The molecule has 1 heterocycles. The number of benzene rings is 3. The number of anilines is 1. The zero-order valence-electron chi connectivity index (χ0n) is 20.3. The molecule has 1 aliphatic rings. The van der Waals surface area contributed by atoms with Gasteiger partial charge in [0.25, 0.3) is 11.1 Å². The van der Waals surface area contributed by atoms with Crippen molar-refractivity contribution < 1.29 is 23.9 Å². The Labute approximate surface area is 261 Å². The zero-order valence-corrected chi connectivity index (χ0v) is 26.4. The number of carbonyl (C=O) groups excluding carboxylic acids is 3. The van der Waals surface area contributed by atoms with Crippen LogP contribution in [0, 0.1) is 3.57 Å². The summed E-state index contributed by atoms with van der Waals surface area (Å²) in [6.45, 7) is 2.17. The van der Waals surface area contributed by atoms with Gasteiger partial charge < -0.3 is 14.8 Å². The SMILES string of the molecule is CCOc1cc(/C=C2/SC(=O)N(CC(=O)Nc3ccc(Br)c(Cl)c3)C2=O)cc(I)c1OCc1ccc(Cl)cc1. The maximum absolute atomic E-state index is 13.0. The minimum absolute atomic E-state index is 0.201. The lowest BCUT2D eigenvalue weighted by Crippen LogP contribution is -2.36. The first-order chi connectivity index (χ1) is 18.6. The Morgan fingerprint density at radius 3 is 2.54 bits per heavy atom. The molecule has 12 heteroatoms. The molecule has 202 valence electrons. The molecule has 0 atom stereocenters. The van der Waals surface area contributed by atoms with E-state index in [1.165, 1.54) is 0 Å². The van der Waals surface area contributed by atoms with E-state index < -0.39 is 23.6 Å². The van der Waals surface area contributed by atoms with Crippen LogP contribution in [0.4, 0.5) is 10.5 Å². The molecule has 0 spiro atoms. The van der Waals surface area contributed by atoms with Gasteiger partial charge in [-0.1, -0.05) is 35.3 Å². The molecule has 0 saturated carbocycles. The van der Waals surface area contributed by atoms with Gasteiger partial charge in [0, 0.05) is 15.2 Å². The molecule has 7 nitrogen and oxygen atoms in total. The van der Waals surface area contributed by atoms with Gasteiger partial charge >= 0.3 is 0 Å². The number of nitrogens with zero attached hydrogens (tertiary/aromatic N) is 1. The minimum atomic E-state index is -0.551. The van der Waals surface area contributed by atoms with Crippen molar-refractivity contribution >= 4 is 102 Å². The maximum Gasteiger partial charge on any atom is 0.294 e. The largest absolute Gasteiger partial charge is 0.490 e. The molecule has 1 fully saturated rings. The third-order valence-corrected chi connectivity index (χ3v) is 8.50. The number of nitrogens with one attached hydrogen (secondary N) is 1. The molecule has 1 N–H and O–H groups in total. The molecule has 4 rings (SSSR count). The molecule has 3 amide bonds. The number of rotatable bonds is 9. The molecule has 1 saturated heterocycles. The number of hydrogen-bond donors (Lipinski definition) is 1.